The third-order valence-corrected chi connectivity index (χ3v) is 3.78. The zero-order chi connectivity index (χ0) is 16.8. The van der Waals surface area contributed by atoms with Crippen LogP contribution in [0, 0.1) is 0 Å². The number of ether oxygens (including phenoxy) is 1. The fourth-order valence-electron chi connectivity index (χ4n) is 1.57. The molecule has 0 bridgehead atoms. The lowest BCUT2D eigenvalue weighted by Crippen LogP contribution is -2.43. The van der Waals surface area contributed by atoms with Gasteiger partial charge in [0.2, 0.25) is 0 Å². The molecule has 23 heavy (non-hydrogen) atoms. The maximum absolute atomic E-state index is 11.8. The summed E-state index contributed by atoms with van der Waals surface area (Å²) >= 11 is 14.8. The summed E-state index contributed by atoms with van der Waals surface area (Å²) in [5.41, 5.74) is 4.91. The number of rotatable bonds is 4. The predicted octanol–water partition coefficient (Wildman–Crippen LogP) is 3.60. The molecular weight excluding hydrogens is 407 g/mol. The van der Waals surface area contributed by atoms with Crippen LogP contribution in [0.5, 0.6) is 5.75 Å². The first-order chi connectivity index (χ1) is 11.0. The van der Waals surface area contributed by atoms with Gasteiger partial charge in [-0.2, -0.15) is 0 Å². The van der Waals surface area contributed by atoms with Gasteiger partial charge in [-0.05, 0) is 58.4 Å². The van der Waals surface area contributed by atoms with Crippen LogP contribution >= 0.6 is 39.1 Å². The molecule has 0 saturated carbocycles. The molecule has 0 unspecified atom stereocenters. The molecule has 0 atom stereocenters. The lowest BCUT2D eigenvalue weighted by molar-refractivity contribution is -0.123. The SMILES string of the molecule is O=C(COc1ccc(Cl)cc1Br)NNC(=O)c1ccc(Cl)cc1. The van der Waals surface area contributed by atoms with Gasteiger partial charge in [-0.15, -0.1) is 0 Å². The van der Waals surface area contributed by atoms with Gasteiger partial charge < -0.3 is 4.74 Å². The second-order valence-electron chi connectivity index (χ2n) is 4.37. The minimum Gasteiger partial charge on any atom is -0.483 e. The van der Waals surface area contributed by atoms with Crippen molar-refractivity contribution in [2.45, 2.75) is 0 Å². The van der Waals surface area contributed by atoms with Crippen LogP contribution in [0.15, 0.2) is 46.9 Å². The zero-order valence-corrected chi connectivity index (χ0v) is 14.7. The monoisotopic (exact) mass is 416 g/mol. The van der Waals surface area contributed by atoms with E-state index >= 15 is 0 Å². The Morgan fingerprint density at radius 1 is 1.00 bits per heavy atom. The summed E-state index contributed by atoms with van der Waals surface area (Å²) in [6.45, 7) is -0.263. The van der Waals surface area contributed by atoms with E-state index in [-0.39, 0.29) is 6.61 Å². The number of amides is 2. The average molecular weight is 418 g/mol. The minimum atomic E-state index is -0.505. The Morgan fingerprint density at radius 2 is 1.65 bits per heavy atom. The largest absolute Gasteiger partial charge is 0.483 e. The van der Waals surface area contributed by atoms with Crippen LogP contribution in [-0.2, 0) is 4.79 Å². The molecule has 8 heteroatoms. The smallest absolute Gasteiger partial charge is 0.276 e. The van der Waals surface area contributed by atoms with Crippen molar-refractivity contribution in [3.63, 3.8) is 0 Å². The van der Waals surface area contributed by atoms with Crippen LogP contribution in [0.2, 0.25) is 10.0 Å². The van der Waals surface area contributed by atoms with Gasteiger partial charge >= 0.3 is 0 Å². The lowest BCUT2D eigenvalue weighted by Gasteiger charge is -2.10. The summed E-state index contributed by atoms with van der Waals surface area (Å²) in [6, 6.07) is 11.2. The Hall–Kier alpha value is -1.76. The Labute approximate surface area is 151 Å². The molecule has 2 aromatic carbocycles. The molecule has 0 aliphatic carbocycles. The summed E-state index contributed by atoms with van der Waals surface area (Å²) < 4.78 is 5.95. The number of nitrogens with one attached hydrogen (secondary N) is 2. The van der Waals surface area contributed by atoms with E-state index in [9.17, 15) is 9.59 Å². The van der Waals surface area contributed by atoms with Crippen LogP contribution in [0.25, 0.3) is 0 Å². The van der Waals surface area contributed by atoms with Crippen molar-refractivity contribution in [2.24, 2.45) is 0 Å². The molecule has 2 rings (SSSR count). The number of hydrogen-bond acceptors (Lipinski definition) is 3. The third-order valence-electron chi connectivity index (χ3n) is 2.67. The molecule has 0 aromatic heterocycles. The molecular formula is C15H11BrCl2N2O3. The highest BCUT2D eigenvalue weighted by atomic mass is 79.9. The van der Waals surface area contributed by atoms with E-state index in [2.05, 4.69) is 26.8 Å². The van der Waals surface area contributed by atoms with E-state index in [1.807, 2.05) is 0 Å². The summed E-state index contributed by atoms with van der Waals surface area (Å²) in [5.74, 6) is -0.495. The molecule has 0 aliphatic heterocycles. The van der Waals surface area contributed by atoms with Crippen molar-refractivity contribution in [1.29, 1.82) is 0 Å². The number of carbonyl (C=O) groups is 2. The minimum absolute atomic E-state index is 0.263. The second kappa shape index (κ2) is 8.19. The standard InChI is InChI=1S/C15H11BrCl2N2O3/c16-12-7-11(18)5-6-13(12)23-8-14(21)19-20-15(22)9-1-3-10(17)4-2-9/h1-7H,8H2,(H,19,21)(H,20,22). The van der Waals surface area contributed by atoms with E-state index in [1.54, 1.807) is 42.5 Å². The van der Waals surface area contributed by atoms with Gasteiger partial charge in [0.1, 0.15) is 5.75 Å². The Bertz CT molecular complexity index is 723. The molecule has 2 aromatic rings. The number of hydrogen-bond donors (Lipinski definition) is 2. The van der Waals surface area contributed by atoms with E-state index in [0.29, 0.717) is 25.8 Å². The fourth-order valence-corrected chi connectivity index (χ4v) is 2.49. The molecule has 2 N–H and O–H groups in total. The van der Waals surface area contributed by atoms with Gasteiger partial charge in [-0.3, -0.25) is 20.4 Å². The third kappa shape index (κ3) is 5.42. The van der Waals surface area contributed by atoms with Crippen molar-refractivity contribution >= 4 is 50.9 Å². The first-order valence-electron chi connectivity index (χ1n) is 6.38. The van der Waals surface area contributed by atoms with Crippen molar-refractivity contribution < 1.29 is 14.3 Å². The number of halogens is 3. The molecule has 0 heterocycles. The van der Waals surface area contributed by atoms with Crippen molar-refractivity contribution in [2.75, 3.05) is 6.61 Å². The van der Waals surface area contributed by atoms with Gasteiger partial charge in [-0.1, -0.05) is 23.2 Å². The highest BCUT2D eigenvalue weighted by Crippen LogP contribution is 2.27. The maximum atomic E-state index is 11.8. The Balaban J connectivity index is 1.81. The molecule has 0 aliphatic rings. The van der Waals surface area contributed by atoms with Crippen molar-refractivity contribution in [3.05, 3.63) is 62.5 Å². The van der Waals surface area contributed by atoms with E-state index in [4.69, 9.17) is 27.9 Å². The molecule has 0 saturated heterocycles. The first-order valence-corrected chi connectivity index (χ1v) is 7.93. The highest BCUT2D eigenvalue weighted by molar-refractivity contribution is 9.10. The van der Waals surface area contributed by atoms with Crippen LogP contribution in [0.4, 0.5) is 0 Å². The molecule has 5 nitrogen and oxygen atoms in total. The van der Waals surface area contributed by atoms with Gasteiger partial charge in [-0.25, -0.2) is 0 Å². The summed E-state index contributed by atoms with van der Waals surface area (Å²) in [7, 11) is 0. The van der Waals surface area contributed by atoms with E-state index in [0.717, 1.165) is 0 Å². The zero-order valence-electron chi connectivity index (χ0n) is 11.6. The fraction of sp³-hybridized carbons (Fsp3) is 0.0667. The van der Waals surface area contributed by atoms with Crippen LogP contribution in [0.1, 0.15) is 10.4 Å². The quantitative estimate of drug-likeness (QED) is 0.747. The topological polar surface area (TPSA) is 67.4 Å². The number of benzene rings is 2. The number of hydrazine groups is 1. The van der Waals surface area contributed by atoms with Crippen LogP contribution < -0.4 is 15.6 Å². The molecule has 0 radical (unpaired) electrons. The van der Waals surface area contributed by atoms with Gasteiger partial charge in [0, 0.05) is 15.6 Å². The van der Waals surface area contributed by atoms with E-state index in [1.165, 1.54) is 0 Å². The van der Waals surface area contributed by atoms with Crippen LogP contribution in [0.3, 0.4) is 0 Å². The molecule has 0 fully saturated rings. The second-order valence-corrected chi connectivity index (χ2v) is 6.10. The molecule has 120 valence electrons. The summed E-state index contributed by atoms with van der Waals surface area (Å²) in [5, 5.41) is 1.07. The summed E-state index contributed by atoms with van der Waals surface area (Å²) in [4.78, 5) is 23.5. The molecule has 0 spiro atoms. The van der Waals surface area contributed by atoms with Crippen molar-refractivity contribution in [1.82, 2.24) is 10.9 Å². The maximum Gasteiger partial charge on any atom is 0.276 e. The van der Waals surface area contributed by atoms with E-state index < -0.39 is 11.8 Å². The van der Waals surface area contributed by atoms with Crippen molar-refractivity contribution in [3.8, 4) is 5.75 Å². The van der Waals surface area contributed by atoms with Gasteiger partial charge in [0.15, 0.2) is 6.61 Å². The predicted molar refractivity (Wildman–Crippen MR) is 91.7 cm³/mol. The average Bonchev–Trinajstić information content (AvgIpc) is 2.52. The first kappa shape index (κ1) is 17.6. The van der Waals surface area contributed by atoms with Crippen LogP contribution in [-0.4, -0.2) is 18.4 Å². The normalized spacial score (nSPS) is 10.0. The Kier molecular flexibility index (Phi) is 6.27. The molecule has 2 amide bonds. The summed E-state index contributed by atoms with van der Waals surface area (Å²) in [6.07, 6.45) is 0. The Morgan fingerprint density at radius 3 is 2.30 bits per heavy atom. The lowest BCUT2D eigenvalue weighted by atomic mass is 10.2. The number of carbonyl (C=O) groups excluding carboxylic acids is 2. The highest BCUT2D eigenvalue weighted by Gasteiger charge is 2.09. The van der Waals surface area contributed by atoms with Gasteiger partial charge in [0.05, 0.1) is 4.47 Å². The van der Waals surface area contributed by atoms with Gasteiger partial charge in [0.25, 0.3) is 11.8 Å².